The van der Waals surface area contributed by atoms with Crippen molar-refractivity contribution in [2.45, 2.75) is 39.0 Å². The maximum atomic E-state index is 10.5. The Bertz CT molecular complexity index is 798. The minimum atomic E-state index is -0.592. The van der Waals surface area contributed by atoms with Gasteiger partial charge >= 0.3 is 0 Å². The molecule has 0 aliphatic heterocycles. The first-order valence-electron chi connectivity index (χ1n) is 9.79. The Labute approximate surface area is 167 Å². The minimum absolute atomic E-state index is 0.255. The van der Waals surface area contributed by atoms with Crippen LogP contribution in [0.5, 0.6) is 5.75 Å². The lowest BCUT2D eigenvalue weighted by Gasteiger charge is -2.24. The van der Waals surface area contributed by atoms with Gasteiger partial charge in [0.25, 0.3) is 0 Å². The monoisotopic (exact) mass is 379 g/mol. The standard InChI is InChI=1S/C24H29NO3/c1-19(2)21-12-10-20(11-13-21)15-25(17-24-9-6-14-27-24)16-22(26)18-28-23-7-4-3-5-8-23/h3-14,19,22,26H,15-18H2,1-2H3. The normalized spacial score (nSPS) is 12.5. The largest absolute Gasteiger partial charge is 0.491 e. The van der Waals surface area contributed by atoms with E-state index in [4.69, 9.17) is 9.15 Å². The van der Waals surface area contributed by atoms with Gasteiger partial charge in [0.15, 0.2) is 0 Å². The van der Waals surface area contributed by atoms with E-state index in [9.17, 15) is 5.11 Å². The molecule has 1 unspecified atom stereocenters. The molecule has 0 aliphatic rings. The fraction of sp³-hybridized carbons (Fsp3) is 0.333. The van der Waals surface area contributed by atoms with Crippen LogP contribution < -0.4 is 4.74 Å². The Morgan fingerprint density at radius 2 is 1.68 bits per heavy atom. The van der Waals surface area contributed by atoms with E-state index < -0.39 is 6.10 Å². The van der Waals surface area contributed by atoms with E-state index in [1.54, 1.807) is 6.26 Å². The van der Waals surface area contributed by atoms with E-state index in [0.29, 0.717) is 19.0 Å². The van der Waals surface area contributed by atoms with Crippen LogP contribution in [0.3, 0.4) is 0 Å². The van der Waals surface area contributed by atoms with Crippen molar-refractivity contribution in [2.24, 2.45) is 0 Å². The van der Waals surface area contributed by atoms with Crippen LogP contribution in [0.25, 0.3) is 0 Å². The molecular weight excluding hydrogens is 350 g/mol. The third kappa shape index (κ3) is 6.25. The Morgan fingerprint density at radius 3 is 2.32 bits per heavy atom. The van der Waals surface area contributed by atoms with Crippen LogP contribution in [0.4, 0.5) is 0 Å². The molecule has 3 rings (SSSR count). The van der Waals surface area contributed by atoms with Crippen molar-refractivity contribution < 1.29 is 14.3 Å². The van der Waals surface area contributed by atoms with Crippen LogP contribution in [-0.4, -0.2) is 29.3 Å². The molecule has 1 N–H and O–H groups in total. The number of benzene rings is 2. The second-order valence-electron chi connectivity index (χ2n) is 7.42. The van der Waals surface area contributed by atoms with E-state index in [1.807, 2.05) is 42.5 Å². The average Bonchev–Trinajstić information content (AvgIpc) is 3.20. The molecule has 2 aromatic carbocycles. The molecule has 0 amide bonds. The molecule has 1 heterocycles. The number of aliphatic hydroxyl groups is 1. The molecule has 4 nitrogen and oxygen atoms in total. The van der Waals surface area contributed by atoms with Gasteiger partial charge in [-0.3, -0.25) is 4.90 Å². The summed E-state index contributed by atoms with van der Waals surface area (Å²) in [5.41, 5.74) is 2.55. The van der Waals surface area contributed by atoms with Crippen LogP contribution in [0.2, 0.25) is 0 Å². The summed E-state index contributed by atoms with van der Waals surface area (Å²) < 4.78 is 11.2. The Morgan fingerprint density at radius 1 is 0.929 bits per heavy atom. The van der Waals surface area contributed by atoms with Crippen LogP contribution >= 0.6 is 0 Å². The van der Waals surface area contributed by atoms with Crippen molar-refractivity contribution in [3.05, 3.63) is 89.9 Å². The summed E-state index contributed by atoms with van der Waals surface area (Å²) in [4.78, 5) is 2.18. The lowest BCUT2D eigenvalue weighted by atomic mass is 10.0. The highest BCUT2D eigenvalue weighted by Crippen LogP contribution is 2.17. The first-order chi connectivity index (χ1) is 13.6. The topological polar surface area (TPSA) is 45.8 Å². The Kier molecular flexibility index (Phi) is 7.29. The number of rotatable bonds is 10. The smallest absolute Gasteiger partial charge is 0.119 e. The van der Waals surface area contributed by atoms with Gasteiger partial charge in [-0.15, -0.1) is 0 Å². The van der Waals surface area contributed by atoms with Crippen molar-refractivity contribution >= 4 is 0 Å². The highest BCUT2D eigenvalue weighted by Gasteiger charge is 2.15. The Hall–Kier alpha value is -2.56. The second kappa shape index (κ2) is 10.1. The van der Waals surface area contributed by atoms with Gasteiger partial charge in [-0.1, -0.05) is 56.3 Å². The van der Waals surface area contributed by atoms with Crippen molar-refractivity contribution in [3.8, 4) is 5.75 Å². The van der Waals surface area contributed by atoms with E-state index in [0.717, 1.165) is 18.1 Å². The number of para-hydroxylation sites is 1. The van der Waals surface area contributed by atoms with Gasteiger partial charge in [-0.05, 0) is 41.3 Å². The van der Waals surface area contributed by atoms with Crippen molar-refractivity contribution in [2.75, 3.05) is 13.2 Å². The number of nitrogens with zero attached hydrogens (tertiary/aromatic N) is 1. The zero-order chi connectivity index (χ0) is 19.8. The molecule has 28 heavy (non-hydrogen) atoms. The molecule has 0 aliphatic carbocycles. The molecule has 4 heteroatoms. The molecule has 0 saturated heterocycles. The molecule has 0 bridgehead atoms. The van der Waals surface area contributed by atoms with Gasteiger partial charge in [0.2, 0.25) is 0 Å². The van der Waals surface area contributed by atoms with Gasteiger partial charge in [0, 0.05) is 13.1 Å². The predicted octanol–water partition coefficient (Wildman–Crippen LogP) is 4.85. The summed E-state index contributed by atoms with van der Waals surface area (Å²) in [5.74, 6) is 2.17. The highest BCUT2D eigenvalue weighted by molar-refractivity contribution is 5.24. The van der Waals surface area contributed by atoms with Gasteiger partial charge in [0.1, 0.15) is 24.2 Å². The van der Waals surface area contributed by atoms with Crippen molar-refractivity contribution in [1.82, 2.24) is 4.90 Å². The van der Waals surface area contributed by atoms with E-state index >= 15 is 0 Å². The number of furan rings is 1. The molecule has 3 aromatic rings. The average molecular weight is 380 g/mol. The van der Waals surface area contributed by atoms with Crippen LogP contribution in [0.1, 0.15) is 36.7 Å². The van der Waals surface area contributed by atoms with Gasteiger partial charge in [0.05, 0.1) is 12.8 Å². The number of aliphatic hydroxyl groups excluding tert-OH is 1. The van der Waals surface area contributed by atoms with Crippen LogP contribution in [0.15, 0.2) is 77.4 Å². The number of hydrogen-bond acceptors (Lipinski definition) is 4. The lowest BCUT2D eigenvalue weighted by Crippen LogP contribution is -2.35. The SMILES string of the molecule is CC(C)c1ccc(CN(Cc2ccco2)CC(O)COc2ccccc2)cc1. The molecular formula is C24H29NO3. The summed E-state index contributed by atoms with van der Waals surface area (Å²) in [6.07, 6.45) is 1.09. The fourth-order valence-corrected chi connectivity index (χ4v) is 3.13. The molecule has 0 radical (unpaired) electrons. The van der Waals surface area contributed by atoms with Crippen LogP contribution in [0, 0.1) is 0 Å². The third-order valence-corrected chi connectivity index (χ3v) is 4.67. The zero-order valence-electron chi connectivity index (χ0n) is 16.6. The van der Waals surface area contributed by atoms with Gasteiger partial charge in [-0.2, -0.15) is 0 Å². The quantitative estimate of drug-likeness (QED) is 0.547. The molecule has 1 aromatic heterocycles. The predicted molar refractivity (Wildman–Crippen MR) is 111 cm³/mol. The van der Waals surface area contributed by atoms with Crippen LogP contribution in [-0.2, 0) is 13.1 Å². The number of hydrogen-bond donors (Lipinski definition) is 1. The van der Waals surface area contributed by atoms with E-state index in [-0.39, 0.29) is 6.61 Å². The Balaban J connectivity index is 1.61. The summed E-state index contributed by atoms with van der Waals surface area (Å²) in [6, 6.07) is 22.1. The fourth-order valence-electron chi connectivity index (χ4n) is 3.13. The zero-order valence-corrected chi connectivity index (χ0v) is 16.6. The number of ether oxygens (including phenoxy) is 1. The van der Waals surface area contributed by atoms with E-state index in [2.05, 4.69) is 43.0 Å². The summed E-state index contributed by atoms with van der Waals surface area (Å²) in [7, 11) is 0. The molecule has 0 fully saturated rings. The van der Waals surface area contributed by atoms with Gasteiger partial charge in [-0.25, -0.2) is 0 Å². The maximum absolute atomic E-state index is 10.5. The first kappa shape index (κ1) is 20.2. The summed E-state index contributed by atoms with van der Waals surface area (Å²) in [5, 5.41) is 10.5. The van der Waals surface area contributed by atoms with Gasteiger partial charge < -0.3 is 14.3 Å². The van der Waals surface area contributed by atoms with Crippen molar-refractivity contribution in [1.29, 1.82) is 0 Å². The first-order valence-corrected chi connectivity index (χ1v) is 9.79. The summed E-state index contributed by atoms with van der Waals surface area (Å²) in [6.45, 7) is 6.52. The molecule has 0 saturated carbocycles. The second-order valence-corrected chi connectivity index (χ2v) is 7.42. The molecule has 1 atom stereocenters. The van der Waals surface area contributed by atoms with Crippen molar-refractivity contribution in [3.63, 3.8) is 0 Å². The maximum Gasteiger partial charge on any atom is 0.119 e. The third-order valence-electron chi connectivity index (χ3n) is 4.67. The molecule has 0 spiro atoms. The lowest BCUT2D eigenvalue weighted by molar-refractivity contribution is 0.0604. The summed E-state index contributed by atoms with van der Waals surface area (Å²) >= 11 is 0. The van der Waals surface area contributed by atoms with E-state index in [1.165, 1.54) is 11.1 Å². The highest BCUT2D eigenvalue weighted by atomic mass is 16.5. The molecule has 148 valence electrons. The minimum Gasteiger partial charge on any atom is -0.491 e.